The van der Waals surface area contributed by atoms with E-state index in [0.717, 1.165) is 35.1 Å². The van der Waals surface area contributed by atoms with Gasteiger partial charge in [-0.15, -0.1) is 0 Å². The summed E-state index contributed by atoms with van der Waals surface area (Å²) in [6.45, 7) is 12.7. The zero-order valence-electron chi connectivity index (χ0n) is 20.8. The SMILES string of the molecule is CCCCN1C(=O)C(=O)/C(=C(/O)c2cc(C)cc(C)c2OC)C1c1ccc(C(C)(C)C)cc1. The Morgan fingerprint density at radius 2 is 1.73 bits per heavy atom. The van der Waals surface area contributed by atoms with E-state index in [0.29, 0.717) is 17.9 Å². The summed E-state index contributed by atoms with van der Waals surface area (Å²) >= 11 is 0. The van der Waals surface area contributed by atoms with Crippen LogP contribution in [0.1, 0.15) is 74.4 Å². The van der Waals surface area contributed by atoms with E-state index < -0.39 is 17.7 Å². The second kappa shape index (κ2) is 9.42. The summed E-state index contributed by atoms with van der Waals surface area (Å²) in [7, 11) is 1.54. The van der Waals surface area contributed by atoms with E-state index >= 15 is 0 Å². The minimum atomic E-state index is -0.658. The average Bonchev–Trinajstić information content (AvgIpc) is 3.01. The predicted molar refractivity (Wildman–Crippen MR) is 132 cm³/mol. The number of ether oxygens (including phenoxy) is 1. The third kappa shape index (κ3) is 4.68. The van der Waals surface area contributed by atoms with Gasteiger partial charge in [-0.05, 0) is 54.0 Å². The summed E-state index contributed by atoms with van der Waals surface area (Å²) in [4.78, 5) is 27.9. The lowest BCUT2D eigenvalue weighted by Crippen LogP contribution is -2.30. The Balaban J connectivity index is 2.23. The molecule has 3 rings (SSSR count). The van der Waals surface area contributed by atoms with Gasteiger partial charge in [-0.25, -0.2) is 0 Å². The molecule has 1 unspecified atom stereocenters. The molecule has 33 heavy (non-hydrogen) atoms. The lowest BCUT2D eigenvalue weighted by atomic mass is 9.85. The number of Topliss-reactive ketones (excluding diaryl/α,β-unsaturated/α-hetero) is 1. The number of likely N-dealkylation sites (tertiary alicyclic amines) is 1. The van der Waals surface area contributed by atoms with Crippen molar-refractivity contribution in [2.45, 2.75) is 65.8 Å². The number of nitrogens with zero attached hydrogens (tertiary/aromatic N) is 1. The molecule has 1 heterocycles. The molecule has 0 aromatic heterocycles. The molecule has 1 aliphatic rings. The maximum Gasteiger partial charge on any atom is 0.295 e. The molecule has 2 aromatic carbocycles. The van der Waals surface area contributed by atoms with Gasteiger partial charge in [0.25, 0.3) is 11.7 Å². The molecule has 1 N–H and O–H groups in total. The van der Waals surface area contributed by atoms with Crippen LogP contribution in [0.15, 0.2) is 42.0 Å². The number of hydrogen-bond donors (Lipinski definition) is 1. The molecule has 2 aromatic rings. The smallest absolute Gasteiger partial charge is 0.295 e. The minimum absolute atomic E-state index is 0.0188. The summed E-state index contributed by atoms with van der Waals surface area (Å²) in [6, 6.07) is 11.1. The zero-order chi connectivity index (χ0) is 24.5. The van der Waals surface area contributed by atoms with Crippen LogP contribution < -0.4 is 4.74 Å². The molecule has 1 aliphatic heterocycles. The molecule has 1 saturated heterocycles. The number of amides is 1. The molecule has 1 fully saturated rings. The fourth-order valence-electron chi connectivity index (χ4n) is 4.50. The summed E-state index contributed by atoms with van der Waals surface area (Å²) in [5.74, 6) is -0.923. The number of aliphatic hydroxyl groups is 1. The van der Waals surface area contributed by atoms with Crippen LogP contribution in [0.3, 0.4) is 0 Å². The monoisotopic (exact) mass is 449 g/mol. The first-order chi connectivity index (χ1) is 15.5. The van der Waals surface area contributed by atoms with Crippen LogP contribution in [-0.4, -0.2) is 35.4 Å². The molecule has 1 amide bonds. The number of rotatable bonds is 6. The van der Waals surface area contributed by atoms with Crippen LogP contribution in [0.5, 0.6) is 5.75 Å². The van der Waals surface area contributed by atoms with Gasteiger partial charge in [0, 0.05) is 6.54 Å². The molecule has 1 atom stereocenters. The fraction of sp³-hybridized carbons (Fsp3) is 0.429. The van der Waals surface area contributed by atoms with Gasteiger partial charge in [0.2, 0.25) is 0 Å². The van der Waals surface area contributed by atoms with Crippen molar-refractivity contribution in [1.29, 1.82) is 0 Å². The van der Waals surface area contributed by atoms with Crippen molar-refractivity contribution >= 4 is 17.4 Å². The zero-order valence-corrected chi connectivity index (χ0v) is 20.8. The van der Waals surface area contributed by atoms with Crippen molar-refractivity contribution in [3.63, 3.8) is 0 Å². The van der Waals surface area contributed by atoms with Gasteiger partial charge in [0.15, 0.2) is 0 Å². The molecule has 0 spiro atoms. The highest BCUT2D eigenvalue weighted by atomic mass is 16.5. The van der Waals surface area contributed by atoms with Crippen molar-refractivity contribution in [3.05, 3.63) is 69.8 Å². The Labute approximate surface area is 197 Å². The number of methoxy groups -OCH3 is 1. The highest BCUT2D eigenvalue weighted by Crippen LogP contribution is 2.42. The number of unbranched alkanes of at least 4 members (excludes halogenated alkanes) is 1. The Morgan fingerprint density at radius 3 is 2.27 bits per heavy atom. The molecule has 5 nitrogen and oxygen atoms in total. The third-order valence-electron chi connectivity index (χ3n) is 6.26. The number of carbonyl (C=O) groups excluding carboxylic acids is 2. The Kier molecular flexibility index (Phi) is 7.01. The normalized spacial score (nSPS) is 18.2. The van der Waals surface area contributed by atoms with Crippen LogP contribution in [0, 0.1) is 13.8 Å². The van der Waals surface area contributed by atoms with Gasteiger partial charge >= 0.3 is 0 Å². The first-order valence-corrected chi connectivity index (χ1v) is 11.6. The summed E-state index contributed by atoms with van der Waals surface area (Å²) in [5, 5.41) is 11.4. The first-order valence-electron chi connectivity index (χ1n) is 11.6. The molecule has 0 bridgehead atoms. The van der Waals surface area contributed by atoms with Crippen molar-refractivity contribution in [2.24, 2.45) is 0 Å². The van der Waals surface area contributed by atoms with E-state index in [4.69, 9.17) is 4.74 Å². The molecular formula is C28H35NO4. The molecule has 0 saturated carbocycles. The van der Waals surface area contributed by atoms with Crippen LogP contribution in [-0.2, 0) is 15.0 Å². The minimum Gasteiger partial charge on any atom is -0.507 e. The third-order valence-corrected chi connectivity index (χ3v) is 6.26. The Hall–Kier alpha value is -3.08. The number of hydrogen-bond acceptors (Lipinski definition) is 4. The molecule has 5 heteroatoms. The fourth-order valence-corrected chi connectivity index (χ4v) is 4.50. The van der Waals surface area contributed by atoms with Crippen LogP contribution in [0.2, 0.25) is 0 Å². The highest BCUT2D eigenvalue weighted by Gasteiger charge is 2.46. The quantitative estimate of drug-likeness (QED) is 0.342. The standard InChI is InChI=1S/C28H35NO4/c1-8-9-14-29-23(19-10-12-20(13-11-19)28(4,5)6)22(25(31)27(29)32)24(30)21-16-17(2)15-18(3)26(21)33-7/h10-13,15-16,23,30H,8-9,14H2,1-7H3/b24-22+. The molecular weight excluding hydrogens is 414 g/mol. The number of aliphatic hydroxyl groups excluding tert-OH is 1. The van der Waals surface area contributed by atoms with Crippen LogP contribution >= 0.6 is 0 Å². The van der Waals surface area contributed by atoms with Gasteiger partial charge in [-0.3, -0.25) is 9.59 Å². The Morgan fingerprint density at radius 1 is 1.09 bits per heavy atom. The van der Waals surface area contributed by atoms with E-state index in [1.54, 1.807) is 11.0 Å². The molecule has 0 radical (unpaired) electrons. The number of ketones is 1. The largest absolute Gasteiger partial charge is 0.507 e. The van der Waals surface area contributed by atoms with Crippen molar-refractivity contribution in [3.8, 4) is 5.75 Å². The highest BCUT2D eigenvalue weighted by molar-refractivity contribution is 6.46. The lowest BCUT2D eigenvalue weighted by Gasteiger charge is -2.26. The van der Waals surface area contributed by atoms with Gasteiger partial charge in [-0.2, -0.15) is 0 Å². The van der Waals surface area contributed by atoms with E-state index in [9.17, 15) is 14.7 Å². The van der Waals surface area contributed by atoms with E-state index in [-0.39, 0.29) is 16.7 Å². The van der Waals surface area contributed by atoms with E-state index in [1.807, 2.05) is 51.1 Å². The molecule has 0 aliphatic carbocycles. The number of aryl methyl sites for hydroxylation is 2. The first kappa shape index (κ1) is 24.6. The second-order valence-corrected chi connectivity index (χ2v) is 9.88. The van der Waals surface area contributed by atoms with E-state index in [2.05, 4.69) is 20.8 Å². The average molecular weight is 450 g/mol. The van der Waals surface area contributed by atoms with Gasteiger partial charge in [0.1, 0.15) is 11.5 Å². The van der Waals surface area contributed by atoms with Crippen LogP contribution in [0.4, 0.5) is 0 Å². The predicted octanol–water partition coefficient (Wildman–Crippen LogP) is 5.83. The summed E-state index contributed by atoms with van der Waals surface area (Å²) in [6.07, 6.45) is 1.67. The number of carbonyl (C=O) groups is 2. The molecule has 176 valence electrons. The number of benzene rings is 2. The second-order valence-electron chi connectivity index (χ2n) is 9.88. The maximum atomic E-state index is 13.2. The lowest BCUT2D eigenvalue weighted by molar-refractivity contribution is -0.139. The van der Waals surface area contributed by atoms with Gasteiger partial charge in [0.05, 0.1) is 24.3 Å². The topological polar surface area (TPSA) is 66.8 Å². The maximum absolute atomic E-state index is 13.2. The van der Waals surface area contributed by atoms with Crippen molar-refractivity contribution < 1.29 is 19.4 Å². The van der Waals surface area contributed by atoms with Gasteiger partial charge < -0.3 is 14.7 Å². The van der Waals surface area contributed by atoms with Gasteiger partial charge in [-0.1, -0.05) is 64.4 Å². The van der Waals surface area contributed by atoms with Crippen LogP contribution in [0.25, 0.3) is 5.76 Å². The Bertz CT molecular complexity index is 1090. The summed E-state index contributed by atoms with van der Waals surface area (Å²) in [5.41, 5.74) is 4.28. The van der Waals surface area contributed by atoms with Crippen molar-refractivity contribution in [1.82, 2.24) is 4.90 Å². The van der Waals surface area contributed by atoms with Crippen molar-refractivity contribution in [2.75, 3.05) is 13.7 Å². The van der Waals surface area contributed by atoms with E-state index in [1.165, 1.54) is 7.11 Å². The summed E-state index contributed by atoms with van der Waals surface area (Å²) < 4.78 is 5.56.